The van der Waals surface area contributed by atoms with Crippen LogP contribution in [-0.4, -0.2) is 64.6 Å². The van der Waals surface area contributed by atoms with Gasteiger partial charge in [0.25, 0.3) is 5.09 Å². The highest BCUT2D eigenvalue weighted by Crippen LogP contribution is 2.15. The van der Waals surface area contributed by atoms with Crippen molar-refractivity contribution < 1.29 is 39.6 Å². The molecule has 1 aliphatic heterocycles. The number of carboxylic acid groups (broad SMARTS) is 3. The smallest absolute Gasteiger partial charge is 0.328 e. The van der Waals surface area contributed by atoms with Crippen molar-refractivity contribution in [2.75, 3.05) is 26.2 Å². The van der Waals surface area contributed by atoms with Crippen LogP contribution >= 0.6 is 0 Å². The number of aliphatic carboxylic acids is 3. The molecule has 1 fully saturated rings. The number of nitrogens with two attached hydrogens (primary N) is 1. The zero-order valence-corrected chi connectivity index (χ0v) is 14.2. The first-order valence-corrected chi connectivity index (χ1v) is 7.72. The van der Waals surface area contributed by atoms with Crippen molar-refractivity contribution in [2.45, 2.75) is 25.7 Å². The molecule has 26 heavy (non-hydrogen) atoms. The summed E-state index contributed by atoms with van der Waals surface area (Å²) >= 11 is 0. The highest BCUT2D eigenvalue weighted by molar-refractivity contribution is 5.89. The van der Waals surface area contributed by atoms with Crippen LogP contribution in [0.25, 0.3) is 0 Å². The molecule has 1 heterocycles. The molecule has 0 atom stereocenters. The summed E-state index contributed by atoms with van der Waals surface area (Å²) < 4.78 is 0. The lowest BCUT2D eigenvalue weighted by Crippen LogP contribution is -2.28. The van der Waals surface area contributed by atoms with Crippen LogP contribution in [0.1, 0.15) is 25.7 Å². The van der Waals surface area contributed by atoms with Gasteiger partial charge in [-0.05, 0) is 38.3 Å². The third kappa shape index (κ3) is 23.5. The molecule has 0 radical (unpaired) electrons. The van der Waals surface area contributed by atoms with Gasteiger partial charge in [-0.25, -0.2) is 9.59 Å². The Balaban J connectivity index is 0. The molecule has 1 aliphatic rings. The van der Waals surface area contributed by atoms with E-state index in [1.165, 1.54) is 0 Å². The molecule has 0 spiro atoms. The first kappa shape index (κ1) is 25.5. The lowest BCUT2D eigenvalue weighted by Gasteiger charge is -2.21. The number of carboxylic acids is 3. The molecule has 0 aromatic heterocycles. The minimum atomic E-state index is -1.26. The average Bonchev–Trinajstić information content (AvgIpc) is 2.55. The topological polar surface area (TPSA) is 202 Å². The molecular formula is C14H25N3O9. The highest BCUT2D eigenvalue weighted by Gasteiger charge is 2.12. The number of hydrogen-bond acceptors (Lipinski definition) is 8. The van der Waals surface area contributed by atoms with E-state index < -0.39 is 23.0 Å². The van der Waals surface area contributed by atoms with E-state index in [1.807, 2.05) is 0 Å². The largest absolute Gasteiger partial charge is 0.481 e. The van der Waals surface area contributed by atoms with Gasteiger partial charge in [0.15, 0.2) is 0 Å². The van der Waals surface area contributed by atoms with Crippen LogP contribution in [0.2, 0.25) is 0 Å². The monoisotopic (exact) mass is 379 g/mol. The Morgan fingerprint density at radius 3 is 1.96 bits per heavy atom. The van der Waals surface area contributed by atoms with Crippen molar-refractivity contribution in [3.63, 3.8) is 0 Å². The van der Waals surface area contributed by atoms with Crippen LogP contribution in [0.4, 0.5) is 0 Å². The molecule has 1 saturated heterocycles. The fraction of sp³-hybridized carbons (Fsp3) is 0.643. The Bertz CT molecular complexity index is 447. The summed E-state index contributed by atoms with van der Waals surface area (Å²) in [5.74, 6) is -2.75. The molecule has 6 N–H and O–H groups in total. The van der Waals surface area contributed by atoms with Gasteiger partial charge >= 0.3 is 17.9 Å². The van der Waals surface area contributed by atoms with Gasteiger partial charge in [0.1, 0.15) is 0 Å². The zero-order chi connectivity index (χ0) is 20.4. The molecule has 0 aromatic rings. The number of carbonyl (C=O) groups is 3. The van der Waals surface area contributed by atoms with Gasteiger partial charge in [0, 0.05) is 18.7 Å². The molecule has 0 saturated carbocycles. The van der Waals surface area contributed by atoms with Gasteiger partial charge in [-0.1, -0.05) is 0 Å². The fourth-order valence-electron chi connectivity index (χ4n) is 1.73. The van der Waals surface area contributed by atoms with Crippen molar-refractivity contribution in [1.82, 2.24) is 5.32 Å². The Kier molecular flexibility index (Phi) is 16.8. The van der Waals surface area contributed by atoms with Gasteiger partial charge in [-0.15, -0.1) is 10.1 Å². The summed E-state index contributed by atoms with van der Waals surface area (Å²) in [6.45, 7) is 2.54. The Morgan fingerprint density at radius 1 is 1.15 bits per heavy atom. The fourth-order valence-corrected chi connectivity index (χ4v) is 1.73. The second-order valence-corrected chi connectivity index (χ2v) is 4.98. The molecule has 12 heteroatoms. The van der Waals surface area contributed by atoms with Crippen molar-refractivity contribution in [2.24, 2.45) is 11.7 Å². The summed E-state index contributed by atoms with van der Waals surface area (Å²) in [5.41, 5.74) is 4.85. The van der Waals surface area contributed by atoms with Crippen molar-refractivity contribution >= 4 is 17.9 Å². The summed E-state index contributed by atoms with van der Waals surface area (Å²) in [4.78, 5) is 42.7. The summed E-state index contributed by atoms with van der Waals surface area (Å²) in [6.07, 6.45) is 4.22. The average molecular weight is 379 g/mol. The summed E-state index contributed by atoms with van der Waals surface area (Å²) in [7, 11) is 0. The predicted molar refractivity (Wildman–Crippen MR) is 88.9 cm³/mol. The molecule has 0 aromatic carbocycles. The molecular weight excluding hydrogens is 354 g/mol. The van der Waals surface area contributed by atoms with Crippen LogP contribution in [0.5, 0.6) is 0 Å². The van der Waals surface area contributed by atoms with Crippen molar-refractivity contribution in [1.29, 1.82) is 0 Å². The Hall–Kier alpha value is -2.73. The standard InChI is InChI=1S/C7H14N2O3.C4H4O4.C3H7NO2/c10-9(11)12-6-3-7-1-4-8-5-2-7;5-3(6)1-2-4(7)8;4-2-1-3(5)6/h7-8H,1-6H2;1-2H,(H,5,6)(H,7,8);1-2,4H2,(H,5,6)/b;2-1+;. The van der Waals surface area contributed by atoms with Gasteiger partial charge in [-0.2, -0.15) is 0 Å². The minimum absolute atomic E-state index is 0.0694. The quantitative estimate of drug-likeness (QED) is 0.211. The number of nitrogens with zero attached hydrogens (tertiary/aromatic N) is 1. The van der Waals surface area contributed by atoms with Crippen molar-refractivity contribution in [3.05, 3.63) is 22.3 Å². The normalized spacial score (nSPS) is 13.6. The number of rotatable bonds is 8. The molecule has 12 nitrogen and oxygen atoms in total. The molecule has 0 bridgehead atoms. The van der Waals surface area contributed by atoms with Gasteiger partial charge in [0.2, 0.25) is 0 Å². The molecule has 150 valence electrons. The minimum Gasteiger partial charge on any atom is -0.481 e. The van der Waals surface area contributed by atoms with Crippen LogP contribution < -0.4 is 11.1 Å². The van der Waals surface area contributed by atoms with E-state index in [2.05, 4.69) is 10.2 Å². The Morgan fingerprint density at radius 2 is 1.65 bits per heavy atom. The predicted octanol–water partition coefficient (Wildman–Crippen LogP) is -0.284. The number of hydrogen-bond donors (Lipinski definition) is 5. The summed E-state index contributed by atoms with van der Waals surface area (Å²) in [6, 6.07) is 0. The highest BCUT2D eigenvalue weighted by atomic mass is 16.9. The van der Waals surface area contributed by atoms with E-state index in [0.29, 0.717) is 18.1 Å². The maximum absolute atomic E-state index is 9.81. The maximum Gasteiger partial charge on any atom is 0.328 e. The van der Waals surface area contributed by atoms with E-state index in [1.54, 1.807) is 0 Å². The second-order valence-electron chi connectivity index (χ2n) is 4.98. The van der Waals surface area contributed by atoms with Crippen LogP contribution in [0, 0.1) is 16.0 Å². The van der Waals surface area contributed by atoms with E-state index in [0.717, 1.165) is 32.4 Å². The number of nitrogens with one attached hydrogen (secondary N) is 1. The number of piperidine rings is 1. The van der Waals surface area contributed by atoms with Crippen LogP contribution in [0.15, 0.2) is 12.2 Å². The van der Waals surface area contributed by atoms with Crippen molar-refractivity contribution in [3.8, 4) is 0 Å². The van der Waals surface area contributed by atoms with E-state index >= 15 is 0 Å². The summed E-state index contributed by atoms with van der Waals surface area (Å²) in [5, 5.41) is 35.8. The molecule has 0 unspecified atom stereocenters. The third-order valence-electron chi connectivity index (χ3n) is 2.91. The van der Waals surface area contributed by atoms with Gasteiger partial charge in [0.05, 0.1) is 13.0 Å². The lowest BCUT2D eigenvalue weighted by atomic mass is 9.95. The SMILES string of the molecule is NCCC(=O)O.O=C(O)/C=C/C(=O)O.O=[N+]([O-])OCCC1CCNCC1. The second kappa shape index (κ2) is 17.1. The third-order valence-corrected chi connectivity index (χ3v) is 2.91. The molecule has 0 aliphatic carbocycles. The van der Waals surface area contributed by atoms with E-state index in [9.17, 15) is 24.5 Å². The van der Waals surface area contributed by atoms with Gasteiger partial charge in [-0.3, -0.25) is 4.79 Å². The maximum atomic E-state index is 9.81. The molecule has 1 rings (SSSR count). The zero-order valence-electron chi connectivity index (χ0n) is 14.2. The lowest BCUT2D eigenvalue weighted by molar-refractivity contribution is -0.758. The van der Waals surface area contributed by atoms with Crippen LogP contribution in [0.3, 0.4) is 0 Å². The van der Waals surface area contributed by atoms with E-state index in [-0.39, 0.29) is 19.6 Å². The molecule has 0 amide bonds. The Labute approximate surface area is 149 Å². The van der Waals surface area contributed by atoms with Crippen LogP contribution in [-0.2, 0) is 19.2 Å². The first-order valence-electron chi connectivity index (χ1n) is 7.72. The van der Waals surface area contributed by atoms with E-state index in [4.69, 9.17) is 21.1 Å². The first-order chi connectivity index (χ1) is 12.2. The van der Waals surface area contributed by atoms with Gasteiger partial charge < -0.3 is 31.2 Å².